The van der Waals surface area contributed by atoms with Crippen LogP contribution in [0.25, 0.3) is 0 Å². The number of benzene rings is 1. The first-order valence-electron chi connectivity index (χ1n) is 8.17. The predicted molar refractivity (Wildman–Crippen MR) is 89.7 cm³/mol. The van der Waals surface area contributed by atoms with Crippen LogP contribution < -0.4 is 10.1 Å². The number of hydrogen-bond donors (Lipinski definition) is 2. The Bertz CT molecular complexity index is 498. The van der Waals surface area contributed by atoms with Crippen molar-refractivity contribution in [1.82, 2.24) is 5.32 Å². The molecule has 1 aromatic carbocycles. The Labute approximate surface area is 138 Å². The summed E-state index contributed by atoms with van der Waals surface area (Å²) in [6.45, 7) is 4.02. The molecule has 0 saturated carbocycles. The summed E-state index contributed by atoms with van der Waals surface area (Å²) < 4.78 is 5.14. The van der Waals surface area contributed by atoms with E-state index in [-0.39, 0.29) is 11.8 Å². The van der Waals surface area contributed by atoms with Crippen LogP contribution in [0.15, 0.2) is 24.3 Å². The number of carbonyl (C=O) groups is 2. The number of carboxylic acids is 1. The van der Waals surface area contributed by atoms with E-state index in [9.17, 15) is 14.7 Å². The third-order valence-electron chi connectivity index (χ3n) is 3.99. The summed E-state index contributed by atoms with van der Waals surface area (Å²) in [6.07, 6.45) is 3.26. The van der Waals surface area contributed by atoms with E-state index >= 15 is 0 Å². The standard InChI is InChI=1S/C18H27NO4/c1-4-6-7-16(18(21)22)19-17(20)12-13(5-2)14-8-10-15(23-3)11-9-14/h8-11,13,16H,4-7,12H2,1-3H3,(H,19,20)(H,21,22). The Kier molecular flexibility index (Phi) is 8.16. The lowest BCUT2D eigenvalue weighted by Gasteiger charge is -2.18. The topological polar surface area (TPSA) is 75.6 Å². The number of methoxy groups -OCH3 is 1. The maximum Gasteiger partial charge on any atom is 0.326 e. The second kappa shape index (κ2) is 9.87. The molecule has 1 aromatic rings. The lowest BCUT2D eigenvalue weighted by Crippen LogP contribution is -2.41. The number of unbranched alkanes of at least 4 members (excludes halogenated alkanes) is 1. The Hall–Kier alpha value is -2.04. The summed E-state index contributed by atoms with van der Waals surface area (Å²) in [7, 11) is 1.61. The van der Waals surface area contributed by atoms with Crippen molar-refractivity contribution in [2.24, 2.45) is 0 Å². The lowest BCUT2D eigenvalue weighted by molar-refractivity contribution is -0.142. The quantitative estimate of drug-likeness (QED) is 0.693. The second-order valence-corrected chi connectivity index (χ2v) is 5.68. The van der Waals surface area contributed by atoms with Crippen molar-refractivity contribution in [3.63, 3.8) is 0 Å². The lowest BCUT2D eigenvalue weighted by atomic mass is 9.92. The van der Waals surface area contributed by atoms with Crippen LogP contribution in [0.2, 0.25) is 0 Å². The number of rotatable bonds is 10. The van der Waals surface area contributed by atoms with Gasteiger partial charge in [-0.05, 0) is 36.5 Å². The molecule has 0 radical (unpaired) electrons. The van der Waals surface area contributed by atoms with Gasteiger partial charge in [0.05, 0.1) is 7.11 Å². The van der Waals surface area contributed by atoms with E-state index in [1.54, 1.807) is 7.11 Å². The first kappa shape index (κ1) is 19.0. The third-order valence-corrected chi connectivity index (χ3v) is 3.99. The van der Waals surface area contributed by atoms with Crippen LogP contribution in [-0.4, -0.2) is 30.1 Å². The molecule has 5 nitrogen and oxygen atoms in total. The van der Waals surface area contributed by atoms with Gasteiger partial charge >= 0.3 is 5.97 Å². The van der Waals surface area contributed by atoms with Crippen molar-refractivity contribution in [1.29, 1.82) is 0 Å². The summed E-state index contributed by atoms with van der Waals surface area (Å²) in [5.41, 5.74) is 1.06. The largest absolute Gasteiger partial charge is 0.497 e. The van der Waals surface area contributed by atoms with E-state index in [0.29, 0.717) is 12.8 Å². The molecule has 128 valence electrons. The number of aliphatic carboxylic acids is 1. The van der Waals surface area contributed by atoms with E-state index < -0.39 is 12.0 Å². The molecular weight excluding hydrogens is 294 g/mol. The molecule has 1 amide bonds. The van der Waals surface area contributed by atoms with Crippen molar-refractivity contribution >= 4 is 11.9 Å². The molecule has 23 heavy (non-hydrogen) atoms. The van der Waals surface area contributed by atoms with Crippen molar-refractivity contribution < 1.29 is 19.4 Å². The Morgan fingerprint density at radius 1 is 1.22 bits per heavy atom. The zero-order valence-electron chi connectivity index (χ0n) is 14.2. The van der Waals surface area contributed by atoms with Crippen molar-refractivity contribution in [3.05, 3.63) is 29.8 Å². The molecular formula is C18H27NO4. The highest BCUT2D eigenvalue weighted by molar-refractivity contribution is 5.83. The monoisotopic (exact) mass is 321 g/mol. The summed E-state index contributed by atoms with van der Waals surface area (Å²) in [6, 6.07) is 6.85. The van der Waals surface area contributed by atoms with Gasteiger partial charge in [0.2, 0.25) is 5.91 Å². The van der Waals surface area contributed by atoms with E-state index in [1.165, 1.54) is 0 Å². The highest BCUT2D eigenvalue weighted by Gasteiger charge is 2.21. The van der Waals surface area contributed by atoms with Gasteiger partial charge < -0.3 is 15.2 Å². The summed E-state index contributed by atoms with van der Waals surface area (Å²) in [5, 5.41) is 11.8. The van der Waals surface area contributed by atoms with E-state index in [1.807, 2.05) is 38.1 Å². The molecule has 1 rings (SSSR count). The molecule has 5 heteroatoms. The van der Waals surface area contributed by atoms with E-state index in [4.69, 9.17) is 4.74 Å². The smallest absolute Gasteiger partial charge is 0.326 e. The fraction of sp³-hybridized carbons (Fsp3) is 0.556. The van der Waals surface area contributed by atoms with Gasteiger partial charge in [-0.15, -0.1) is 0 Å². The summed E-state index contributed by atoms with van der Waals surface area (Å²) in [4.78, 5) is 23.4. The van der Waals surface area contributed by atoms with Crippen LogP contribution in [0.1, 0.15) is 57.4 Å². The Morgan fingerprint density at radius 3 is 2.35 bits per heavy atom. The summed E-state index contributed by atoms with van der Waals surface area (Å²) >= 11 is 0. The average Bonchev–Trinajstić information content (AvgIpc) is 2.56. The highest BCUT2D eigenvalue weighted by atomic mass is 16.5. The van der Waals surface area contributed by atoms with Crippen molar-refractivity contribution in [2.45, 2.75) is 57.9 Å². The van der Waals surface area contributed by atoms with Gasteiger partial charge in [-0.25, -0.2) is 4.79 Å². The van der Waals surface area contributed by atoms with E-state index in [2.05, 4.69) is 5.32 Å². The van der Waals surface area contributed by atoms with Gasteiger partial charge in [0, 0.05) is 6.42 Å². The molecule has 0 aliphatic rings. The minimum Gasteiger partial charge on any atom is -0.497 e. The maximum atomic E-state index is 12.2. The van der Waals surface area contributed by atoms with Gasteiger partial charge in [-0.2, -0.15) is 0 Å². The van der Waals surface area contributed by atoms with Crippen LogP contribution in [0.4, 0.5) is 0 Å². The number of ether oxygens (including phenoxy) is 1. The predicted octanol–water partition coefficient (Wildman–Crippen LogP) is 3.34. The molecule has 0 aromatic heterocycles. The SMILES string of the molecule is CCCCC(NC(=O)CC(CC)c1ccc(OC)cc1)C(=O)O. The number of carbonyl (C=O) groups excluding carboxylic acids is 1. The van der Waals surface area contributed by atoms with Crippen molar-refractivity contribution in [2.75, 3.05) is 7.11 Å². The normalized spacial score (nSPS) is 13.2. The molecule has 0 aliphatic carbocycles. The van der Waals surface area contributed by atoms with Crippen LogP contribution in [-0.2, 0) is 9.59 Å². The molecule has 0 spiro atoms. The molecule has 0 aliphatic heterocycles. The average molecular weight is 321 g/mol. The van der Waals surface area contributed by atoms with Gasteiger partial charge in [-0.3, -0.25) is 4.79 Å². The van der Waals surface area contributed by atoms with Gasteiger partial charge in [0.25, 0.3) is 0 Å². The highest BCUT2D eigenvalue weighted by Crippen LogP contribution is 2.25. The number of hydrogen-bond acceptors (Lipinski definition) is 3. The minimum absolute atomic E-state index is 0.0709. The first-order valence-corrected chi connectivity index (χ1v) is 8.17. The fourth-order valence-corrected chi connectivity index (χ4v) is 2.52. The molecule has 0 saturated heterocycles. The van der Waals surface area contributed by atoms with Gasteiger partial charge in [0.15, 0.2) is 0 Å². The molecule has 0 fully saturated rings. The maximum absolute atomic E-state index is 12.2. The molecule has 2 unspecified atom stereocenters. The first-order chi connectivity index (χ1) is 11.0. The van der Waals surface area contributed by atoms with E-state index in [0.717, 1.165) is 30.6 Å². The number of nitrogens with one attached hydrogen (secondary N) is 1. The minimum atomic E-state index is -0.968. The third kappa shape index (κ3) is 6.30. The number of amides is 1. The van der Waals surface area contributed by atoms with Crippen LogP contribution in [0, 0.1) is 0 Å². The van der Waals surface area contributed by atoms with Gasteiger partial charge in [0.1, 0.15) is 11.8 Å². The fourth-order valence-electron chi connectivity index (χ4n) is 2.52. The second-order valence-electron chi connectivity index (χ2n) is 5.68. The van der Waals surface area contributed by atoms with Crippen molar-refractivity contribution in [3.8, 4) is 5.75 Å². The summed E-state index contributed by atoms with van der Waals surface area (Å²) in [5.74, 6) is -0.333. The molecule has 0 bridgehead atoms. The molecule has 2 atom stereocenters. The van der Waals surface area contributed by atoms with Crippen LogP contribution in [0.5, 0.6) is 5.75 Å². The Morgan fingerprint density at radius 2 is 1.87 bits per heavy atom. The zero-order valence-corrected chi connectivity index (χ0v) is 14.2. The number of carboxylic acid groups (broad SMARTS) is 1. The Balaban J connectivity index is 2.65. The van der Waals surface area contributed by atoms with Crippen LogP contribution >= 0.6 is 0 Å². The van der Waals surface area contributed by atoms with Gasteiger partial charge in [-0.1, -0.05) is 38.8 Å². The zero-order chi connectivity index (χ0) is 17.2. The molecule has 2 N–H and O–H groups in total. The van der Waals surface area contributed by atoms with Crippen LogP contribution in [0.3, 0.4) is 0 Å². The molecule has 0 heterocycles.